The van der Waals surface area contributed by atoms with Gasteiger partial charge in [-0.3, -0.25) is 0 Å². The summed E-state index contributed by atoms with van der Waals surface area (Å²) < 4.78 is 0. The van der Waals surface area contributed by atoms with Crippen molar-refractivity contribution in [3.63, 3.8) is 0 Å². The van der Waals surface area contributed by atoms with E-state index in [1.165, 1.54) is 6.92 Å². The van der Waals surface area contributed by atoms with Crippen molar-refractivity contribution in [3.05, 3.63) is 0 Å². The summed E-state index contributed by atoms with van der Waals surface area (Å²) in [7, 11) is 0. The van der Waals surface area contributed by atoms with Crippen molar-refractivity contribution in [3.8, 4) is 6.07 Å². The standard InChI is InChI=1S/C2H3N.2CH2O3.K/c1-2-3;2*2-1(3)4;/h1H3;2*(H2,2,3,4);. The third-order valence-electron chi connectivity index (χ3n) is 0. The van der Waals surface area contributed by atoms with Gasteiger partial charge in [0.1, 0.15) is 0 Å². The predicted octanol–water partition coefficient (Wildman–Crippen LogP) is 0.594. The van der Waals surface area contributed by atoms with Gasteiger partial charge in [-0.25, -0.2) is 9.59 Å². The number of nitrogens with zero attached hydrogens (tertiary/aromatic N) is 1. The largest absolute Gasteiger partial charge is 0.503 e. The average molecular weight is 204 g/mol. The van der Waals surface area contributed by atoms with Crippen LogP contribution in [0.5, 0.6) is 0 Å². The van der Waals surface area contributed by atoms with Crippen molar-refractivity contribution < 1.29 is 30.0 Å². The molecule has 0 bridgehead atoms. The maximum Gasteiger partial charge on any atom is 0.503 e. The molecule has 0 aromatic heterocycles. The maximum absolute atomic E-state index is 8.56. The fraction of sp³-hybridized carbons (Fsp3) is 0.250. The van der Waals surface area contributed by atoms with Gasteiger partial charge in [-0.1, -0.05) is 0 Å². The first-order valence-corrected chi connectivity index (χ1v) is 2.03. The van der Waals surface area contributed by atoms with Gasteiger partial charge in [0.2, 0.25) is 0 Å². The molecule has 0 aliphatic heterocycles. The molecule has 0 aromatic carbocycles. The van der Waals surface area contributed by atoms with Gasteiger partial charge in [0, 0.05) is 58.3 Å². The first-order valence-electron chi connectivity index (χ1n) is 2.03. The van der Waals surface area contributed by atoms with Crippen LogP contribution in [0.4, 0.5) is 9.59 Å². The number of carbonyl (C=O) groups is 2. The number of carboxylic acid groups (broad SMARTS) is 4. The molecule has 1 radical (unpaired) electrons. The molecule has 4 N–H and O–H groups in total. The second kappa shape index (κ2) is 22.4. The molecule has 0 heterocycles. The van der Waals surface area contributed by atoms with Crippen LogP contribution in [0.3, 0.4) is 0 Å². The normalized spacial score (nSPS) is 4.67. The molecule has 0 amide bonds. The molecule has 0 aliphatic rings. The minimum Gasteiger partial charge on any atom is -0.450 e. The van der Waals surface area contributed by atoms with E-state index < -0.39 is 12.3 Å². The Morgan fingerprint density at radius 3 is 1.08 bits per heavy atom. The average Bonchev–Trinajstić information content (AvgIpc) is 1.60. The first-order chi connectivity index (χ1) is 4.88. The molecule has 0 atom stereocenters. The quantitative estimate of drug-likeness (QED) is 0.423. The van der Waals surface area contributed by atoms with Crippen molar-refractivity contribution in [2.24, 2.45) is 0 Å². The van der Waals surface area contributed by atoms with Gasteiger partial charge in [0.15, 0.2) is 0 Å². The fourth-order valence-corrected chi connectivity index (χ4v) is 0. The molecule has 0 unspecified atom stereocenters. The molecule has 7 nitrogen and oxygen atoms in total. The molecule has 0 rings (SSSR count). The Morgan fingerprint density at radius 2 is 1.08 bits per heavy atom. The van der Waals surface area contributed by atoms with Crippen molar-refractivity contribution in [1.29, 1.82) is 5.26 Å². The fourth-order valence-electron chi connectivity index (χ4n) is 0. The van der Waals surface area contributed by atoms with Crippen LogP contribution >= 0.6 is 0 Å². The van der Waals surface area contributed by atoms with E-state index in [2.05, 4.69) is 0 Å². The van der Waals surface area contributed by atoms with E-state index in [0.717, 1.165) is 0 Å². The van der Waals surface area contributed by atoms with Crippen molar-refractivity contribution >= 4 is 63.7 Å². The van der Waals surface area contributed by atoms with E-state index in [0.29, 0.717) is 0 Å². The third kappa shape index (κ3) is 6520. The minimum atomic E-state index is -1.83. The summed E-state index contributed by atoms with van der Waals surface area (Å²) in [5, 5.41) is 35.2. The molecule has 12 heavy (non-hydrogen) atoms. The van der Waals surface area contributed by atoms with Crippen LogP contribution in [0.15, 0.2) is 0 Å². The third-order valence-corrected chi connectivity index (χ3v) is 0. The Kier molecular flexibility index (Phi) is 42.2. The first kappa shape index (κ1) is 22.6. The number of hydrogen-bond acceptors (Lipinski definition) is 3. The van der Waals surface area contributed by atoms with Gasteiger partial charge >= 0.3 is 12.3 Å². The smallest absolute Gasteiger partial charge is 0.450 e. The molecule has 0 aromatic rings. The van der Waals surface area contributed by atoms with Crippen molar-refractivity contribution in [1.82, 2.24) is 0 Å². The van der Waals surface area contributed by atoms with Crippen LogP contribution in [0.1, 0.15) is 6.92 Å². The van der Waals surface area contributed by atoms with E-state index in [1.54, 1.807) is 6.07 Å². The summed E-state index contributed by atoms with van der Waals surface area (Å²) in [4.78, 5) is 17.1. The van der Waals surface area contributed by atoms with Gasteiger partial charge in [-0.05, 0) is 0 Å². The molecule has 0 fully saturated rings. The molecule has 0 spiro atoms. The van der Waals surface area contributed by atoms with Crippen LogP contribution in [0, 0.1) is 11.3 Å². The predicted molar refractivity (Wildman–Crippen MR) is 38.3 cm³/mol. The van der Waals surface area contributed by atoms with Crippen LogP contribution in [-0.2, 0) is 0 Å². The summed E-state index contributed by atoms with van der Waals surface area (Å²) in [6, 6.07) is 1.75. The van der Waals surface area contributed by atoms with E-state index in [1.807, 2.05) is 0 Å². The van der Waals surface area contributed by atoms with E-state index in [4.69, 9.17) is 35.3 Å². The number of hydrogen-bond donors (Lipinski definition) is 4. The Balaban J connectivity index is -0.0000000389. The Morgan fingerprint density at radius 1 is 1.08 bits per heavy atom. The maximum atomic E-state index is 8.56. The molecule has 0 saturated carbocycles. The second-order valence-corrected chi connectivity index (χ2v) is 0.789. The van der Waals surface area contributed by atoms with E-state index in [9.17, 15) is 0 Å². The summed E-state index contributed by atoms with van der Waals surface area (Å²) in [5.74, 6) is 0. The second-order valence-electron chi connectivity index (χ2n) is 0.789. The van der Waals surface area contributed by atoms with Crippen LogP contribution in [0.25, 0.3) is 0 Å². The summed E-state index contributed by atoms with van der Waals surface area (Å²) in [6.07, 6.45) is -3.67. The van der Waals surface area contributed by atoms with E-state index in [-0.39, 0.29) is 51.4 Å². The summed E-state index contributed by atoms with van der Waals surface area (Å²) >= 11 is 0. The molecule has 0 aliphatic carbocycles. The molecule has 65 valence electrons. The summed E-state index contributed by atoms with van der Waals surface area (Å²) in [5.41, 5.74) is 0. The van der Waals surface area contributed by atoms with Crippen molar-refractivity contribution in [2.45, 2.75) is 6.92 Å². The Hall–Kier alpha value is -0.334. The SMILES string of the molecule is CC#N.O=C(O)O.O=C(O)O.[K]. The van der Waals surface area contributed by atoms with Gasteiger partial charge in [0.05, 0.1) is 6.07 Å². The van der Waals surface area contributed by atoms with Crippen LogP contribution in [0.2, 0.25) is 0 Å². The topological polar surface area (TPSA) is 139 Å². The Bertz CT molecular complexity index is 132. The van der Waals surface area contributed by atoms with Crippen LogP contribution in [-0.4, -0.2) is 84.1 Å². The molecule has 0 saturated heterocycles. The minimum absolute atomic E-state index is 0. The molecule has 8 heteroatoms. The number of rotatable bonds is 0. The van der Waals surface area contributed by atoms with Gasteiger partial charge in [0.25, 0.3) is 0 Å². The van der Waals surface area contributed by atoms with Crippen LogP contribution < -0.4 is 0 Å². The van der Waals surface area contributed by atoms with E-state index >= 15 is 0 Å². The van der Waals surface area contributed by atoms with Gasteiger partial charge in [-0.15, -0.1) is 0 Å². The number of nitriles is 1. The van der Waals surface area contributed by atoms with Gasteiger partial charge in [-0.2, -0.15) is 5.26 Å². The summed E-state index contributed by atoms with van der Waals surface area (Å²) in [6.45, 7) is 1.43. The molecular weight excluding hydrogens is 197 g/mol. The molecular formula is C4H7KNO6. The monoisotopic (exact) mass is 204 g/mol. The van der Waals surface area contributed by atoms with Crippen molar-refractivity contribution in [2.75, 3.05) is 0 Å². The Labute approximate surface area is 111 Å². The zero-order chi connectivity index (χ0) is 9.86. The zero-order valence-corrected chi connectivity index (χ0v) is 9.68. The van der Waals surface area contributed by atoms with Gasteiger partial charge < -0.3 is 20.4 Å². The zero-order valence-electron chi connectivity index (χ0n) is 6.55.